The molecule has 0 atom stereocenters. The summed E-state index contributed by atoms with van der Waals surface area (Å²) in [6.07, 6.45) is 1.00. The Kier molecular flexibility index (Phi) is 7.27. The van der Waals surface area contributed by atoms with Gasteiger partial charge in [-0.05, 0) is 73.7 Å². The second kappa shape index (κ2) is 10.2. The number of carbonyl (C=O) groups is 2. The summed E-state index contributed by atoms with van der Waals surface area (Å²) in [4.78, 5) is 30.5. The number of aromatic nitrogens is 1. The quantitative estimate of drug-likeness (QED) is 0.241. The molecule has 0 amide bonds. The SMILES string of the molecule is Cc1cc(C(=O)CCc2sc(-c3ccc4ccccc4c3)nc2C(C)C)ccc1OC(C)(C)C(=O)O. The van der Waals surface area contributed by atoms with E-state index in [0.717, 1.165) is 26.7 Å². The monoisotopic (exact) mass is 501 g/mol. The van der Waals surface area contributed by atoms with Gasteiger partial charge in [0.15, 0.2) is 11.4 Å². The molecule has 186 valence electrons. The molecule has 0 fully saturated rings. The van der Waals surface area contributed by atoms with Crippen LogP contribution in [0.15, 0.2) is 60.7 Å². The van der Waals surface area contributed by atoms with E-state index in [4.69, 9.17) is 9.72 Å². The fraction of sp³-hybridized carbons (Fsp3) is 0.300. The zero-order valence-electron chi connectivity index (χ0n) is 21.3. The second-order valence-electron chi connectivity index (χ2n) is 9.87. The summed E-state index contributed by atoms with van der Waals surface area (Å²) in [6.45, 7) is 9.08. The van der Waals surface area contributed by atoms with Crippen molar-refractivity contribution in [1.29, 1.82) is 0 Å². The number of hydrogen-bond donors (Lipinski definition) is 1. The number of rotatable bonds is 9. The van der Waals surface area contributed by atoms with E-state index in [1.54, 1.807) is 29.5 Å². The van der Waals surface area contributed by atoms with Crippen molar-refractivity contribution in [3.8, 4) is 16.3 Å². The molecule has 0 saturated carbocycles. The first kappa shape index (κ1) is 25.6. The molecule has 0 unspecified atom stereocenters. The Bertz CT molecular complexity index is 1430. The van der Waals surface area contributed by atoms with E-state index in [9.17, 15) is 14.7 Å². The summed E-state index contributed by atoms with van der Waals surface area (Å²) >= 11 is 1.66. The maximum absolute atomic E-state index is 13.0. The Morgan fingerprint density at radius 2 is 1.75 bits per heavy atom. The Morgan fingerprint density at radius 3 is 2.42 bits per heavy atom. The molecule has 0 aliphatic carbocycles. The highest BCUT2D eigenvalue weighted by molar-refractivity contribution is 7.15. The van der Waals surface area contributed by atoms with Crippen molar-refractivity contribution in [2.45, 2.75) is 59.0 Å². The summed E-state index contributed by atoms with van der Waals surface area (Å²) < 4.78 is 5.65. The number of thiazole rings is 1. The average molecular weight is 502 g/mol. The highest BCUT2D eigenvalue weighted by atomic mass is 32.1. The molecule has 0 radical (unpaired) electrons. The van der Waals surface area contributed by atoms with Gasteiger partial charge in [-0.25, -0.2) is 9.78 Å². The van der Waals surface area contributed by atoms with E-state index < -0.39 is 11.6 Å². The number of aryl methyl sites for hydroxylation is 2. The van der Waals surface area contributed by atoms with Crippen molar-refractivity contribution in [2.24, 2.45) is 0 Å². The molecule has 0 saturated heterocycles. The number of Topliss-reactive ketones (excluding diaryl/α,β-unsaturated/α-hetero) is 1. The van der Waals surface area contributed by atoms with Crippen molar-refractivity contribution >= 4 is 33.9 Å². The number of carboxylic acid groups (broad SMARTS) is 1. The molecular formula is C30H31NO4S. The number of carboxylic acids is 1. The minimum Gasteiger partial charge on any atom is -0.478 e. The van der Waals surface area contributed by atoms with Gasteiger partial charge in [-0.3, -0.25) is 4.79 Å². The molecule has 5 nitrogen and oxygen atoms in total. The zero-order valence-corrected chi connectivity index (χ0v) is 22.1. The van der Waals surface area contributed by atoms with Gasteiger partial charge >= 0.3 is 5.97 Å². The van der Waals surface area contributed by atoms with Crippen molar-refractivity contribution in [1.82, 2.24) is 4.98 Å². The van der Waals surface area contributed by atoms with E-state index in [-0.39, 0.29) is 11.7 Å². The van der Waals surface area contributed by atoms with Crippen molar-refractivity contribution in [2.75, 3.05) is 0 Å². The minimum absolute atomic E-state index is 0.0394. The molecule has 0 aliphatic heterocycles. The summed E-state index contributed by atoms with van der Waals surface area (Å²) in [5.41, 5.74) is 2.12. The van der Waals surface area contributed by atoms with Crippen LogP contribution in [0.1, 0.15) is 66.5 Å². The predicted molar refractivity (Wildman–Crippen MR) is 145 cm³/mol. The highest BCUT2D eigenvalue weighted by Gasteiger charge is 2.30. The Balaban J connectivity index is 1.51. The van der Waals surface area contributed by atoms with Crippen LogP contribution in [-0.4, -0.2) is 27.4 Å². The van der Waals surface area contributed by atoms with Crippen LogP contribution in [0.2, 0.25) is 0 Å². The standard InChI is InChI=1S/C30H31NO4S/c1-18(2)27-26(36-28(31-27)23-11-10-20-8-6-7-9-21(20)17-23)15-13-24(32)22-12-14-25(19(3)16-22)35-30(4,5)29(33)34/h6-12,14,16-18H,13,15H2,1-5H3,(H,33,34). The molecule has 6 heteroatoms. The van der Waals surface area contributed by atoms with Gasteiger partial charge in [0.1, 0.15) is 10.8 Å². The fourth-order valence-electron chi connectivity index (χ4n) is 4.07. The van der Waals surface area contributed by atoms with Crippen LogP contribution < -0.4 is 4.74 Å². The van der Waals surface area contributed by atoms with E-state index in [1.165, 1.54) is 24.6 Å². The molecule has 0 spiro atoms. The normalized spacial score (nSPS) is 11.7. The number of ketones is 1. The lowest BCUT2D eigenvalue weighted by molar-refractivity contribution is -0.152. The first-order valence-corrected chi connectivity index (χ1v) is 12.9. The van der Waals surface area contributed by atoms with Crippen LogP contribution in [0.3, 0.4) is 0 Å². The smallest absolute Gasteiger partial charge is 0.347 e. The first-order valence-electron chi connectivity index (χ1n) is 12.1. The molecule has 3 aromatic carbocycles. The molecule has 4 rings (SSSR count). The number of hydrogen-bond acceptors (Lipinski definition) is 5. The lowest BCUT2D eigenvalue weighted by atomic mass is 10.0. The number of carbonyl (C=O) groups excluding carboxylic acids is 1. The molecule has 1 heterocycles. The molecule has 1 N–H and O–H groups in total. The maximum Gasteiger partial charge on any atom is 0.347 e. The third-order valence-corrected chi connectivity index (χ3v) is 7.41. The van der Waals surface area contributed by atoms with E-state index >= 15 is 0 Å². The van der Waals surface area contributed by atoms with Crippen LogP contribution in [0.25, 0.3) is 21.3 Å². The number of fused-ring (bicyclic) bond motifs is 1. The van der Waals surface area contributed by atoms with Crippen LogP contribution in [0.5, 0.6) is 5.75 Å². The number of nitrogens with zero attached hydrogens (tertiary/aromatic N) is 1. The largest absolute Gasteiger partial charge is 0.478 e. The van der Waals surface area contributed by atoms with Gasteiger partial charge in [-0.2, -0.15) is 0 Å². The van der Waals surface area contributed by atoms with Crippen LogP contribution in [-0.2, 0) is 11.2 Å². The van der Waals surface area contributed by atoms with Crippen molar-refractivity contribution in [3.63, 3.8) is 0 Å². The molecule has 4 aromatic rings. The van der Waals surface area contributed by atoms with Gasteiger partial charge < -0.3 is 9.84 Å². The Hall–Kier alpha value is -3.51. The molecular weight excluding hydrogens is 470 g/mol. The summed E-state index contributed by atoms with van der Waals surface area (Å²) in [5, 5.41) is 12.7. The van der Waals surface area contributed by atoms with Gasteiger partial charge in [0.05, 0.1) is 5.69 Å². The van der Waals surface area contributed by atoms with E-state index in [2.05, 4.69) is 44.2 Å². The van der Waals surface area contributed by atoms with Crippen molar-refractivity contribution in [3.05, 3.63) is 82.4 Å². The number of ether oxygens (including phenoxy) is 1. The summed E-state index contributed by atoms with van der Waals surface area (Å²) in [7, 11) is 0. The van der Waals surface area contributed by atoms with Crippen LogP contribution in [0, 0.1) is 6.92 Å². The molecule has 1 aromatic heterocycles. The summed E-state index contributed by atoms with van der Waals surface area (Å²) in [6, 6.07) is 19.8. The highest BCUT2D eigenvalue weighted by Crippen LogP contribution is 2.34. The van der Waals surface area contributed by atoms with Gasteiger partial charge in [-0.1, -0.05) is 50.2 Å². The first-order chi connectivity index (χ1) is 17.0. The van der Waals surface area contributed by atoms with Crippen LogP contribution >= 0.6 is 11.3 Å². The lowest BCUT2D eigenvalue weighted by Crippen LogP contribution is -2.38. The Morgan fingerprint density at radius 1 is 1.03 bits per heavy atom. The van der Waals surface area contributed by atoms with Gasteiger partial charge in [0.2, 0.25) is 0 Å². The minimum atomic E-state index is -1.35. The maximum atomic E-state index is 13.0. The van der Waals surface area contributed by atoms with Gasteiger partial charge in [0.25, 0.3) is 0 Å². The average Bonchev–Trinajstić information content (AvgIpc) is 3.28. The van der Waals surface area contributed by atoms with E-state index in [0.29, 0.717) is 24.2 Å². The zero-order chi connectivity index (χ0) is 26.0. The fourth-order valence-corrected chi connectivity index (χ4v) is 5.28. The second-order valence-corrected chi connectivity index (χ2v) is 10.9. The lowest BCUT2D eigenvalue weighted by Gasteiger charge is -2.22. The molecule has 36 heavy (non-hydrogen) atoms. The third kappa shape index (κ3) is 5.49. The Labute approximate surface area is 215 Å². The van der Waals surface area contributed by atoms with Gasteiger partial charge in [-0.15, -0.1) is 11.3 Å². The molecule has 0 bridgehead atoms. The van der Waals surface area contributed by atoms with Crippen molar-refractivity contribution < 1.29 is 19.4 Å². The summed E-state index contributed by atoms with van der Waals surface area (Å²) in [5.74, 6) is -0.284. The van der Waals surface area contributed by atoms with Crippen LogP contribution in [0.4, 0.5) is 0 Å². The topological polar surface area (TPSA) is 76.5 Å². The third-order valence-electron chi connectivity index (χ3n) is 6.23. The van der Waals surface area contributed by atoms with Gasteiger partial charge in [0, 0.05) is 22.4 Å². The van der Waals surface area contributed by atoms with E-state index in [1.807, 2.05) is 19.1 Å². The predicted octanol–water partition coefficient (Wildman–Crippen LogP) is 7.45. The molecule has 0 aliphatic rings. The number of benzene rings is 3. The number of aliphatic carboxylic acids is 1.